The van der Waals surface area contributed by atoms with E-state index in [0.29, 0.717) is 17.8 Å². The molecule has 0 aliphatic carbocycles. The quantitative estimate of drug-likeness (QED) is 0.506. The van der Waals surface area contributed by atoms with Crippen molar-refractivity contribution >= 4 is 23.4 Å². The summed E-state index contributed by atoms with van der Waals surface area (Å²) in [5.74, 6) is -4.10. The van der Waals surface area contributed by atoms with E-state index in [1.807, 2.05) is 0 Å². The first-order valence-corrected chi connectivity index (χ1v) is 5.66. The van der Waals surface area contributed by atoms with Gasteiger partial charge in [0.25, 0.3) is 0 Å². The van der Waals surface area contributed by atoms with Gasteiger partial charge in [0.1, 0.15) is 5.82 Å². The summed E-state index contributed by atoms with van der Waals surface area (Å²) in [6, 6.07) is 6.46. The average Bonchev–Trinajstić information content (AvgIpc) is 2.46. The molecular weight excluding hydrogens is 301 g/mol. The lowest BCUT2D eigenvalue weighted by atomic mass is 10.2. The maximum absolute atomic E-state index is 12.4. The second-order valence-electron chi connectivity index (χ2n) is 3.84. The van der Waals surface area contributed by atoms with Gasteiger partial charge in [-0.05, 0) is 30.3 Å². The zero-order chi connectivity index (χ0) is 16.7. The van der Waals surface area contributed by atoms with E-state index in [-0.39, 0.29) is 11.5 Å². The smallest absolute Gasteiger partial charge is 0.337 e. The standard InChI is InChI=1S/C7H5F2NO2.C7H4FNO/c8-4-1-3(7(11)12)6(10)2-5(4)9;8-6-1-3-7(4-2-6)9-5-10/h1-2H,10H2,(H,11,12);1-4H. The van der Waals surface area contributed by atoms with Gasteiger partial charge in [-0.3, -0.25) is 0 Å². The zero-order valence-corrected chi connectivity index (χ0v) is 10.9. The highest BCUT2D eigenvalue weighted by molar-refractivity contribution is 5.93. The van der Waals surface area contributed by atoms with Gasteiger partial charge in [-0.1, -0.05) is 0 Å². The minimum absolute atomic E-state index is 0.290. The van der Waals surface area contributed by atoms with Crippen molar-refractivity contribution in [3.63, 3.8) is 0 Å². The van der Waals surface area contributed by atoms with Gasteiger partial charge in [-0.2, -0.15) is 4.99 Å². The molecule has 0 aliphatic heterocycles. The summed E-state index contributed by atoms with van der Waals surface area (Å²) in [7, 11) is 0. The van der Waals surface area contributed by atoms with Crippen LogP contribution in [-0.2, 0) is 4.79 Å². The molecule has 5 nitrogen and oxygen atoms in total. The molecule has 0 unspecified atom stereocenters. The number of hydrogen-bond donors (Lipinski definition) is 2. The predicted octanol–water partition coefficient (Wildman–Crippen LogP) is 3.04. The molecule has 0 saturated heterocycles. The van der Waals surface area contributed by atoms with E-state index in [2.05, 4.69) is 4.99 Å². The van der Waals surface area contributed by atoms with Gasteiger partial charge in [0, 0.05) is 11.8 Å². The SMILES string of the molecule is Nc1cc(F)c(F)cc1C(=O)O.O=C=Nc1ccc(F)cc1. The lowest BCUT2D eigenvalue weighted by molar-refractivity contribution is 0.0697. The van der Waals surface area contributed by atoms with Crippen LogP contribution in [0.3, 0.4) is 0 Å². The van der Waals surface area contributed by atoms with Crippen LogP contribution in [0.25, 0.3) is 0 Å². The summed E-state index contributed by atoms with van der Waals surface area (Å²) in [6.07, 6.45) is 1.36. The van der Waals surface area contributed by atoms with Crippen molar-refractivity contribution in [3.05, 3.63) is 59.4 Å². The van der Waals surface area contributed by atoms with E-state index in [0.717, 1.165) is 0 Å². The van der Waals surface area contributed by atoms with Crippen molar-refractivity contribution in [2.24, 2.45) is 4.99 Å². The summed E-state index contributed by atoms with van der Waals surface area (Å²) in [6.45, 7) is 0. The van der Waals surface area contributed by atoms with E-state index in [9.17, 15) is 22.8 Å². The second kappa shape index (κ2) is 7.61. The Morgan fingerprint density at radius 2 is 1.64 bits per heavy atom. The Hall–Kier alpha value is -3.12. The van der Waals surface area contributed by atoms with Gasteiger partial charge in [-0.25, -0.2) is 22.8 Å². The molecule has 0 heterocycles. The third kappa shape index (κ3) is 4.77. The molecule has 0 aromatic heterocycles. The molecule has 0 fully saturated rings. The third-order valence-electron chi connectivity index (χ3n) is 2.32. The highest BCUT2D eigenvalue weighted by atomic mass is 19.2. The molecule has 22 heavy (non-hydrogen) atoms. The van der Waals surface area contributed by atoms with E-state index in [1.54, 1.807) is 0 Å². The number of benzene rings is 2. The first-order chi connectivity index (χ1) is 10.3. The number of hydrogen-bond acceptors (Lipinski definition) is 4. The maximum Gasteiger partial charge on any atom is 0.337 e. The van der Waals surface area contributed by atoms with Crippen LogP contribution in [0.15, 0.2) is 41.4 Å². The Bertz CT molecular complexity index is 727. The monoisotopic (exact) mass is 310 g/mol. The number of anilines is 1. The van der Waals surface area contributed by atoms with Crippen LogP contribution < -0.4 is 5.73 Å². The first kappa shape index (κ1) is 16.9. The van der Waals surface area contributed by atoms with Crippen LogP contribution >= 0.6 is 0 Å². The van der Waals surface area contributed by atoms with E-state index >= 15 is 0 Å². The molecule has 114 valence electrons. The Balaban J connectivity index is 0.000000224. The van der Waals surface area contributed by atoms with Crippen LogP contribution in [0.2, 0.25) is 0 Å². The van der Waals surface area contributed by atoms with Gasteiger partial charge in [-0.15, -0.1) is 0 Å². The number of carbonyl (C=O) groups is 1. The lowest BCUT2D eigenvalue weighted by Gasteiger charge is -2.00. The normalized spacial score (nSPS) is 9.23. The number of carboxylic acids is 1. The molecule has 0 aliphatic rings. The lowest BCUT2D eigenvalue weighted by Crippen LogP contribution is -2.04. The van der Waals surface area contributed by atoms with Crippen molar-refractivity contribution in [1.29, 1.82) is 0 Å². The molecule has 0 atom stereocenters. The first-order valence-electron chi connectivity index (χ1n) is 5.66. The molecule has 8 heteroatoms. The van der Waals surface area contributed by atoms with Crippen molar-refractivity contribution < 1.29 is 27.9 Å². The van der Waals surface area contributed by atoms with Crippen molar-refractivity contribution in [2.45, 2.75) is 0 Å². The number of carboxylic acid groups (broad SMARTS) is 1. The highest BCUT2D eigenvalue weighted by Crippen LogP contribution is 2.16. The van der Waals surface area contributed by atoms with E-state index in [1.165, 1.54) is 30.3 Å². The molecule has 2 rings (SSSR count). The third-order valence-corrected chi connectivity index (χ3v) is 2.32. The van der Waals surface area contributed by atoms with Crippen LogP contribution in [0.1, 0.15) is 10.4 Å². The number of nitrogens with zero attached hydrogens (tertiary/aromatic N) is 1. The van der Waals surface area contributed by atoms with Gasteiger partial charge in [0.05, 0.1) is 11.3 Å². The molecular formula is C14H9F3N2O3. The Morgan fingerprint density at radius 1 is 1.09 bits per heavy atom. The number of rotatable bonds is 2. The molecule has 0 saturated carbocycles. The van der Waals surface area contributed by atoms with Gasteiger partial charge in [0.2, 0.25) is 6.08 Å². The number of carbonyl (C=O) groups excluding carboxylic acids is 1. The molecule has 2 aromatic rings. The largest absolute Gasteiger partial charge is 0.478 e. The minimum Gasteiger partial charge on any atom is -0.478 e. The van der Waals surface area contributed by atoms with Crippen molar-refractivity contribution in [3.8, 4) is 0 Å². The average molecular weight is 310 g/mol. The summed E-state index contributed by atoms with van der Waals surface area (Å²) in [5, 5.41) is 8.41. The summed E-state index contributed by atoms with van der Waals surface area (Å²) < 4.78 is 37.0. The van der Waals surface area contributed by atoms with Gasteiger partial charge >= 0.3 is 5.97 Å². The Kier molecular flexibility index (Phi) is 5.85. The topological polar surface area (TPSA) is 92.8 Å². The zero-order valence-electron chi connectivity index (χ0n) is 10.9. The molecule has 0 bridgehead atoms. The number of halogens is 3. The molecule has 3 N–H and O–H groups in total. The number of nitrogens with two attached hydrogens (primary N) is 1. The molecule has 2 aromatic carbocycles. The maximum atomic E-state index is 12.4. The number of aromatic carboxylic acids is 1. The van der Waals surface area contributed by atoms with Crippen LogP contribution in [-0.4, -0.2) is 17.2 Å². The minimum atomic E-state index is -1.38. The van der Waals surface area contributed by atoms with Gasteiger partial charge in [0.15, 0.2) is 11.6 Å². The Morgan fingerprint density at radius 3 is 2.14 bits per heavy atom. The van der Waals surface area contributed by atoms with E-state index < -0.39 is 23.2 Å². The van der Waals surface area contributed by atoms with Gasteiger partial charge < -0.3 is 10.8 Å². The van der Waals surface area contributed by atoms with E-state index in [4.69, 9.17) is 10.8 Å². The fraction of sp³-hybridized carbons (Fsp3) is 0. The van der Waals surface area contributed by atoms with Crippen molar-refractivity contribution in [2.75, 3.05) is 5.73 Å². The van der Waals surface area contributed by atoms with Crippen molar-refractivity contribution in [1.82, 2.24) is 0 Å². The number of aliphatic imine (C=N–C) groups is 1. The molecule has 0 spiro atoms. The molecule has 0 radical (unpaired) electrons. The fourth-order valence-electron chi connectivity index (χ4n) is 1.32. The predicted molar refractivity (Wildman–Crippen MR) is 71.9 cm³/mol. The van der Waals surface area contributed by atoms with Crippen LogP contribution in [0.4, 0.5) is 24.5 Å². The number of nitrogen functional groups attached to an aromatic ring is 1. The van der Waals surface area contributed by atoms with Crippen LogP contribution in [0.5, 0.6) is 0 Å². The summed E-state index contributed by atoms with van der Waals surface area (Å²) in [4.78, 5) is 23.3. The summed E-state index contributed by atoms with van der Waals surface area (Å²) in [5.41, 5.74) is 4.79. The second-order valence-corrected chi connectivity index (χ2v) is 3.84. The summed E-state index contributed by atoms with van der Waals surface area (Å²) >= 11 is 0. The fourth-order valence-corrected chi connectivity index (χ4v) is 1.32. The Labute approximate surface area is 122 Å². The van der Waals surface area contributed by atoms with Crippen LogP contribution in [0, 0.1) is 17.5 Å². The molecule has 0 amide bonds. The number of isocyanates is 1. The highest BCUT2D eigenvalue weighted by Gasteiger charge is 2.12.